The number of nitrogens with zero attached hydrogens (tertiary/aromatic N) is 1. The second kappa shape index (κ2) is 29.1. The molecule has 0 unspecified atom stereocenters. The standard InChI is InChI=1S/C30H64NO3.HI/c1-6-8-9-10-11-12-13-14-15-16-17-18-19-20-21-23-26-32-28-30(34-7-2)29-33-27-24-22-25-31(3,4)5;/h30H,6-29H2,1-5H3;1H/q+1;/p-1/t30-;/m1./s1. The van der Waals surface area contributed by atoms with Crippen LogP contribution in [0.1, 0.15) is 129 Å². The Morgan fingerprint density at radius 1 is 0.514 bits per heavy atom. The normalized spacial score (nSPS) is 12.6. The van der Waals surface area contributed by atoms with E-state index in [1.807, 2.05) is 6.92 Å². The van der Waals surface area contributed by atoms with Crippen LogP contribution >= 0.6 is 0 Å². The van der Waals surface area contributed by atoms with E-state index in [9.17, 15) is 0 Å². The first kappa shape index (κ1) is 37.7. The zero-order chi connectivity index (χ0) is 25.2. The van der Waals surface area contributed by atoms with Crippen LogP contribution in [0.2, 0.25) is 0 Å². The van der Waals surface area contributed by atoms with E-state index in [-0.39, 0.29) is 30.1 Å². The molecular formula is C30H64INO3. The highest BCUT2D eigenvalue weighted by Gasteiger charge is 2.10. The average Bonchev–Trinajstić information content (AvgIpc) is 2.79. The molecule has 0 aliphatic rings. The summed E-state index contributed by atoms with van der Waals surface area (Å²) in [5.74, 6) is 0. The first-order valence-corrected chi connectivity index (χ1v) is 15.1. The van der Waals surface area contributed by atoms with Gasteiger partial charge in [0.2, 0.25) is 0 Å². The second-order valence-electron chi connectivity index (χ2n) is 11.3. The van der Waals surface area contributed by atoms with Crippen LogP contribution in [0.25, 0.3) is 0 Å². The fourth-order valence-corrected chi connectivity index (χ4v) is 4.35. The van der Waals surface area contributed by atoms with E-state index in [2.05, 4.69) is 28.1 Å². The van der Waals surface area contributed by atoms with Crippen molar-refractivity contribution in [2.75, 3.05) is 60.7 Å². The van der Waals surface area contributed by atoms with Crippen LogP contribution in [0.5, 0.6) is 0 Å². The van der Waals surface area contributed by atoms with E-state index in [1.54, 1.807) is 0 Å². The molecule has 214 valence electrons. The SMILES string of the molecule is CCCCCCCCCCCCCCCCCCOC[C@H](COCCCC[N+](C)(C)C)OCC.[I-]. The van der Waals surface area contributed by atoms with E-state index < -0.39 is 0 Å². The minimum Gasteiger partial charge on any atom is -1.00 e. The number of hydrogen-bond donors (Lipinski definition) is 0. The van der Waals surface area contributed by atoms with E-state index in [4.69, 9.17) is 14.2 Å². The summed E-state index contributed by atoms with van der Waals surface area (Å²) in [4.78, 5) is 0. The second-order valence-corrected chi connectivity index (χ2v) is 11.3. The smallest absolute Gasteiger partial charge is 0.104 e. The van der Waals surface area contributed by atoms with Gasteiger partial charge in [0, 0.05) is 19.8 Å². The molecule has 0 aliphatic carbocycles. The fraction of sp³-hybridized carbons (Fsp3) is 1.00. The number of halogens is 1. The summed E-state index contributed by atoms with van der Waals surface area (Å²) in [5.41, 5.74) is 0. The Balaban J connectivity index is 0. The Bertz CT molecular complexity index is 390. The van der Waals surface area contributed by atoms with Crippen molar-refractivity contribution in [1.29, 1.82) is 0 Å². The maximum absolute atomic E-state index is 5.88. The summed E-state index contributed by atoms with van der Waals surface area (Å²) in [6.07, 6.45) is 24.9. The molecule has 0 saturated heterocycles. The molecule has 0 N–H and O–H groups in total. The molecule has 0 aromatic rings. The van der Waals surface area contributed by atoms with Gasteiger partial charge in [0.25, 0.3) is 0 Å². The Morgan fingerprint density at radius 2 is 0.886 bits per heavy atom. The van der Waals surface area contributed by atoms with Gasteiger partial charge in [0.05, 0.1) is 40.9 Å². The molecule has 0 saturated carbocycles. The molecule has 0 amide bonds. The van der Waals surface area contributed by atoms with Crippen LogP contribution in [0.3, 0.4) is 0 Å². The highest BCUT2D eigenvalue weighted by atomic mass is 127. The first-order valence-electron chi connectivity index (χ1n) is 15.1. The van der Waals surface area contributed by atoms with Crippen LogP contribution in [-0.4, -0.2) is 71.3 Å². The average molecular weight is 614 g/mol. The van der Waals surface area contributed by atoms with Crippen molar-refractivity contribution in [2.24, 2.45) is 0 Å². The lowest BCUT2D eigenvalue weighted by Crippen LogP contribution is -3.00. The highest BCUT2D eigenvalue weighted by molar-refractivity contribution is 4.56. The molecule has 1 atom stereocenters. The lowest BCUT2D eigenvalue weighted by Gasteiger charge is -2.23. The molecule has 5 heteroatoms. The lowest BCUT2D eigenvalue weighted by molar-refractivity contribution is -0.870. The summed E-state index contributed by atoms with van der Waals surface area (Å²) in [7, 11) is 6.72. The van der Waals surface area contributed by atoms with Gasteiger partial charge in [-0.3, -0.25) is 0 Å². The lowest BCUT2D eigenvalue weighted by atomic mass is 10.0. The van der Waals surface area contributed by atoms with Crippen molar-refractivity contribution in [3.8, 4) is 0 Å². The van der Waals surface area contributed by atoms with Crippen molar-refractivity contribution in [1.82, 2.24) is 0 Å². The maximum Gasteiger partial charge on any atom is 0.104 e. The summed E-state index contributed by atoms with van der Waals surface area (Å²) >= 11 is 0. The molecule has 35 heavy (non-hydrogen) atoms. The summed E-state index contributed by atoms with van der Waals surface area (Å²) in [5, 5.41) is 0. The minimum atomic E-state index is 0. The molecule has 0 bridgehead atoms. The van der Waals surface area contributed by atoms with E-state index in [1.165, 1.54) is 116 Å². The number of unbranched alkanes of at least 4 members (excludes halogenated alkanes) is 16. The van der Waals surface area contributed by atoms with Crippen molar-refractivity contribution in [3.05, 3.63) is 0 Å². The summed E-state index contributed by atoms with van der Waals surface area (Å²) in [6, 6.07) is 0. The summed E-state index contributed by atoms with van der Waals surface area (Å²) < 4.78 is 18.5. The largest absolute Gasteiger partial charge is 1.00 e. The van der Waals surface area contributed by atoms with Gasteiger partial charge < -0.3 is 42.7 Å². The predicted octanol–water partition coefficient (Wildman–Crippen LogP) is 5.18. The maximum atomic E-state index is 5.88. The van der Waals surface area contributed by atoms with Gasteiger partial charge in [-0.05, 0) is 26.2 Å². The molecule has 0 aromatic carbocycles. The quantitative estimate of drug-likeness (QED) is 0.0692. The molecule has 4 nitrogen and oxygen atoms in total. The molecular weight excluding hydrogens is 549 g/mol. The number of ether oxygens (including phenoxy) is 3. The van der Waals surface area contributed by atoms with Crippen LogP contribution < -0.4 is 24.0 Å². The zero-order valence-electron chi connectivity index (χ0n) is 24.6. The summed E-state index contributed by atoms with van der Waals surface area (Å²) in [6.45, 7) is 9.24. The molecule has 0 fully saturated rings. The third kappa shape index (κ3) is 32.5. The van der Waals surface area contributed by atoms with Crippen molar-refractivity contribution >= 4 is 0 Å². The van der Waals surface area contributed by atoms with Crippen molar-refractivity contribution in [3.63, 3.8) is 0 Å². The van der Waals surface area contributed by atoms with Crippen molar-refractivity contribution < 1.29 is 42.7 Å². The molecule has 0 heterocycles. The van der Waals surface area contributed by atoms with Crippen molar-refractivity contribution in [2.45, 2.75) is 136 Å². The van der Waals surface area contributed by atoms with Gasteiger partial charge in [0.15, 0.2) is 0 Å². The van der Waals surface area contributed by atoms with Gasteiger partial charge in [-0.25, -0.2) is 0 Å². The number of quaternary nitrogens is 1. The van der Waals surface area contributed by atoms with Crippen LogP contribution in [0, 0.1) is 0 Å². The number of rotatable bonds is 28. The third-order valence-corrected chi connectivity index (χ3v) is 6.52. The third-order valence-electron chi connectivity index (χ3n) is 6.52. The van der Waals surface area contributed by atoms with Gasteiger partial charge in [0.1, 0.15) is 6.10 Å². The highest BCUT2D eigenvalue weighted by Crippen LogP contribution is 2.13. The Morgan fingerprint density at radius 3 is 1.26 bits per heavy atom. The van der Waals surface area contributed by atoms with Crippen LogP contribution in [-0.2, 0) is 14.2 Å². The first-order chi connectivity index (χ1) is 16.5. The van der Waals surface area contributed by atoms with Gasteiger partial charge >= 0.3 is 0 Å². The molecule has 0 rings (SSSR count). The van der Waals surface area contributed by atoms with Gasteiger partial charge in [-0.2, -0.15) is 0 Å². The van der Waals surface area contributed by atoms with Crippen LogP contribution in [0.4, 0.5) is 0 Å². The Hall–Kier alpha value is 0.570. The van der Waals surface area contributed by atoms with Gasteiger partial charge in [-0.1, -0.05) is 103 Å². The molecule has 0 radical (unpaired) electrons. The Kier molecular flexibility index (Phi) is 31.4. The molecule has 0 aliphatic heterocycles. The van der Waals surface area contributed by atoms with E-state index in [0.29, 0.717) is 13.2 Å². The van der Waals surface area contributed by atoms with E-state index in [0.717, 1.165) is 30.7 Å². The Labute approximate surface area is 238 Å². The fourth-order valence-electron chi connectivity index (χ4n) is 4.35. The minimum absolute atomic E-state index is 0. The molecule has 0 spiro atoms. The van der Waals surface area contributed by atoms with Crippen LogP contribution in [0.15, 0.2) is 0 Å². The zero-order valence-corrected chi connectivity index (χ0v) is 26.8. The monoisotopic (exact) mass is 613 g/mol. The topological polar surface area (TPSA) is 27.7 Å². The number of hydrogen-bond acceptors (Lipinski definition) is 3. The predicted molar refractivity (Wildman–Crippen MR) is 149 cm³/mol. The van der Waals surface area contributed by atoms with E-state index >= 15 is 0 Å². The molecule has 0 aromatic heterocycles. The van der Waals surface area contributed by atoms with Gasteiger partial charge in [-0.15, -0.1) is 0 Å².